The summed E-state index contributed by atoms with van der Waals surface area (Å²) in [7, 11) is 0. The molecule has 1 aromatic rings. The molecule has 0 aromatic heterocycles. The van der Waals surface area contributed by atoms with E-state index in [1.54, 1.807) is 0 Å². The van der Waals surface area contributed by atoms with Gasteiger partial charge in [0.2, 0.25) is 0 Å². The average Bonchev–Trinajstić information content (AvgIpc) is 2.25. The summed E-state index contributed by atoms with van der Waals surface area (Å²) in [6, 6.07) is 9.29. The molecule has 0 saturated carbocycles. The van der Waals surface area contributed by atoms with Gasteiger partial charge < -0.3 is 5.32 Å². The Bertz CT molecular complexity index is 293. The molecule has 0 heterocycles. The van der Waals surface area contributed by atoms with Crippen LogP contribution in [0.15, 0.2) is 24.3 Å². The third-order valence-corrected chi connectivity index (χ3v) is 3.21. The summed E-state index contributed by atoms with van der Waals surface area (Å²) in [5, 5.41) is 3.58. The van der Waals surface area contributed by atoms with Crippen LogP contribution < -0.4 is 5.32 Å². The lowest BCUT2D eigenvalue weighted by molar-refractivity contribution is 0.389. The minimum atomic E-state index is 0.593. The molecule has 0 fully saturated rings. The molecular formula is C14H23N. The van der Waals surface area contributed by atoms with Crippen LogP contribution in [0.25, 0.3) is 0 Å². The van der Waals surface area contributed by atoms with E-state index < -0.39 is 0 Å². The molecule has 0 aliphatic carbocycles. The summed E-state index contributed by atoms with van der Waals surface area (Å²) in [6.07, 6.45) is 1.24. The first-order chi connectivity index (χ1) is 7.13. The second-order valence-electron chi connectivity index (χ2n) is 4.54. The van der Waals surface area contributed by atoms with E-state index in [-0.39, 0.29) is 0 Å². The summed E-state index contributed by atoms with van der Waals surface area (Å²) in [4.78, 5) is 0. The lowest BCUT2D eigenvalue weighted by Gasteiger charge is -2.20. The van der Waals surface area contributed by atoms with Gasteiger partial charge in [0.25, 0.3) is 0 Å². The van der Waals surface area contributed by atoms with Gasteiger partial charge in [0.05, 0.1) is 0 Å². The summed E-state index contributed by atoms with van der Waals surface area (Å²) >= 11 is 0. The molecule has 0 saturated heterocycles. The molecule has 84 valence electrons. The maximum Gasteiger partial charge on any atom is 0.0208 e. The first-order valence-electron chi connectivity index (χ1n) is 5.92. The molecule has 0 aliphatic rings. The molecule has 1 aromatic carbocycles. The van der Waals surface area contributed by atoms with Gasteiger partial charge in [-0.1, -0.05) is 50.1 Å². The van der Waals surface area contributed by atoms with Gasteiger partial charge >= 0.3 is 0 Å². The quantitative estimate of drug-likeness (QED) is 0.775. The Morgan fingerprint density at radius 3 is 2.60 bits per heavy atom. The van der Waals surface area contributed by atoms with E-state index in [2.05, 4.69) is 57.3 Å². The fraction of sp³-hybridized carbons (Fsp3) is 0.571. The number of rotatable bonds is 5. The molecule has 0 bridgehead atoms. The van der Waals surface area contributed by atoms with Crippen molar-refractivity contribution in [3.63, 3.8) is 0 Å². The van der Waals surface area contributed by atoms with Gasteiger partial charge in [0.15, 0.2) is 0 Å². The van der Waals surface area contributed by atoms with E-state index >= 15 is 0 Å². The van der Waals surface area contributed by atoms with Crippen molar-refractivity contribution in [1.29, 1.82) is 0 Å². The number of nitrogens with one attached hydrogen (secondary N) is 1. The van der Waals surface area contributed by atoms with Gasteiger partial charge in [-0.2, -0.15) is 0 Å². The molecule has 0 aliphatic heterocycles. The molecule has 0 spiro atoms. The van der Waals surface area contributed by atoms with Gasteiger partial charge in [-0.05, 0) is 25.3 Å². The normalized spacial score (nSPS) is 14.9. The second kappa shape index (κ2) is 5.92. The minimum absolute atomic E-state index is 0.593. The van der Waals surface area contributed by atoms with Gasteiger partial charge in [-0.15, -0.1) is 0 Å². The fourth-order valence-corrected chi connectivity index (χ4v) is 1.66. The highest BCUT2D eigenvalue weighted by atomic mass is 14.9. The van der Waals surface area contributed by atoms with E-state index in [4.69, 9.17) is 0 Å². The fourth-order valence-electron chi connectivity index (χ4n) is 1.66. The summed E-state index contributed by atoms with van der Waals surface area (Å²) < 4.78 is 0. The van der Waals surface area contributed by atoms with E-state index in [0.29, 0.717) is 6.04 Å². The molecule has 0 amide bonds. The standard InChI is InChI=1S/C14H23N/c1-5-12(3)13(4)15-10-14-8-6-7-11(2)9-14/h6-9,12-13,15H,5,10H2,1-4H3/t12-,13-/m1/s1. The zero-order valence-corrected chi connectivity index (χ0v) is 10.4. The molecule has 1 nitrogen and oxygen atoms in total. The average molecular weight is 205 g/mol. The molecule has 15 heavy (non-hydrogen) atoms. The first kappa shape index (κ1) is 12.3. The Labute approximate surface area is 93.9 Å². The summed E-state index contributed by atoms with van der Waals surface area (Å²) in [6.45, 7) is 9.93. The molecule has 1 heteroatoms. The topological polar surface area (TPSA) is 12.0 Å². The number of hydrogen-bond acceptors (Lipinski definition) is 1. The number of aryl methyl sites for hydroxylation is 1. The van der Waals surface area contributed by atoms with Crippen molar-refractivity contribution in [2.45, 2.75) is 46.7 Å². The Hall–Kier alpha value is -0.820. The van der Waals surface area contributed by atoms with Crippen LogP contribution in [-0.2, 0) is 6.54 Å². The SMILES string of the molecule is CC[C@@H](C)[C@@H](C)NCc1cccc(C)c1. The third kappa shape index (κ3) is 4.05. The van der Waals surface area contributed by atoms with Crippen molar-refractivity contribution >= 4 is 0 Å². The number of hydrogen-bond donors (Lipinski definition) is 1. The van der Waals surface area contributed by atoms with Crippen LogP contribution in [0.3, 0.4) is 0 Å². The highest BCUT2D eigenvalue weighted by molar-refractivity contribution is 5.21. The molecule has 0 unspecified atom stereocenters. The monoisotopic (exact) mass is 205 g/mol. The summed E-state index contributed by atoms with van der Waals surface area (Å²) in [5.74, 6) is 0.745. The van der Waals surface area contributed by atoms with Gasteiger partial charge in [-0.25, -0.2) is 0 Å². The van der Waals surface area contributed by atoms with Crippen molar-refractivity contribution in [3.8, 4) is 0 Å². The predicted molar refractivity (Wildman–Crippen MR) is 66.9 cm³/mol. The van der Waals surface area contributed by atoms with Crippen molar-refractivity contribution in [2.24, 2.45) is 5.92 Å². The lowest BCUT2D eigenvalue weighted by Crippen LogP contribution is -2.31. The van der Waals surface area contributed by atoms with Crippen molar-refractivity contribution in [3.05, 3.63) is 35.4 Å². The third-order valence-electron chi connectivity index (χ3n) is 3.21. The van der Waals surface area contributed by atoms with Crippen LogP contribution >= 0.6 is 0 Å². The molecule has 1 N–H and O–H groups in total. The van der Waals surface area contributed by atoms with Gasteiger partial charge in [0, 0.05) is 12.6 Å². The maximum atomic E-state index is 3.58. The molecule has 1 rings (SSSR count). The Morgan fingerprint density at radius 2 is 2.00 bits per heavy atom. The molecule has 2 atom stereocenters. The van der Waals surface area contributed by atoms with Gasteiger partial charge in [0.1, 0.15) is 0 Å². The first-order valence-corrected chi connectivity index (χ1v) is 5.92. The Kier molecular flexibility index (Phi) is 4.83. The van der Waals surface area contributed by atoms with Gasteiger partial charge in [-0.3, -0.25) is 0 Å². The van der Waals surface area contributed by atoms with Crippen LogP contribution in [-0.4, -0.2) is 6.04 Å². The lowest BCUT2D eigenvalue weighted by atomic mass is 10.0. The summed E-state index contributed by atoms with van der Waals surface area (Å²) in [5.41, 5.74) is 2.72. The van der Waals surface area contributed by atoms with Crippen molar-refractivity contribution in [2.75, 3.05) is 0 Å². The largest absolute Gasteiger partial charge is 0.310 e. The van der Waals surface area contributed by atoms with E-state index in [0.717, 1.165) is 12.5 Å². The number of benzene rings is 1. The maximum absolute atomic E-state index is 3.58. The zero-order valence-electron chi connectivity index (χ0n) is 10.4. The van der Waals surface area contributed by atoms with E-state index in [1.807, 2.05) is 0 Å². The van der Waals surface area contributed by atoms with Crippen LogP contribution in [0.5, 0.6) is 0 Å². The molecular weight excluding hydrogens is 182 g/mol. The Morgan fingerprint density at radius 1 is 1.27 bits per heavy atom. The van der Waals surface area contributed by atoms with E-state index in [9.17, 15) is 0 Å². The van der Waals surface area contributed by atoms with Crippen LogP contribution in [0, 0.1) is 12.8 Å². The predicted octanol–water partition coefficient (Wildman–Crippen LogP) is 3.52. The van der Waals surface area contributed by atoms with Crippen molar-refractivity contribution in [1.82, 2.24) is 5.32 Å². The minimum Gasteiger partial charge on any atom is -0.310 e. The van der Waals surface area contributed by atoms with Crippen LogP contribution in [0.1, 0.15) is 38.3 Å². The second-order valence-corrected chi connectivity index (χ2v) is 4.54. The van der Waals surface area contributed by atoms with Crippen LogP contribution in [0.4, 0.5) is 0 Å². The highest BCUT2D eigenvalue weighted by Gasteiger charge is 2.08. The Balaban J connectivity index is 2.43. The zero-order chi connectivity index (χ0) is 11.3. The smallest absolute Gasteiger partial charge is 0.0208 e. The van der Waals surface area contributed by atoms with Crippen LogP contribution in [0.2, 0.25) is 0 Å². The van der Waals surface area contributed by atoms with E-state index in [1.165, 1.54) is 17.5 Å². The molecule has 0 radical (unpaired) electrons. The highest BCUT2D eigenvalue weighted by Crippen LogP contribution is 2.09. The van der Waals surface area contributed by atoms with Crippen molar-refractivity contribution < 1.29 is 0 Å².